The molecule has 0 fully saturated rings. The fourth-order valence-electron chi connectivity index (χ4n) is 2.27. The van der Waals surface area contributed by atoms with Crippen LogP contribution in [-0.4, -0.2) is 41.0 Å². The summed E-state index contributed by atoms with van der Waals surface area (Å²) < 4.78 is 0. The monoisotopic (exact) mass is 266 g/mol. The Bertz CT molecular complexity index is 263. The fourth-order valence-corrected chi connectivity index (χ4v) is 2.27. The molecule has 0 amide bonds. The third kappa shape index (κ3) is 6.01. The molecule has 0 rings (SSSR count). The minimum absolute atomic E-state index is 0. The van der Waals surface area contributed by atoms with Crippen molar-refractivity contribution >= 4 is 30.8 Å². The number of carbonyl (C=O) groups is 2. The van der Waals surface area contributed by atoms with Crippen LogP contribution in [0.15, 0.2) is 0 Å². The van der Waals surface area contributed by atoms with Crippen LogP contribution in [0, 0.1) is 11.3 Å². The van der Waals surface area contributed by atoms with Gasteiger partial charge in [0.1, 0.15) is 0 Å². The summed E-state index contributed by atoms with van der Waals surface area (Å²) in [6, 6.07) is 0. The molecular formula is C14H27LiO4. The van der Waals surface area contributed by atoms with Crippen LogP contribution in [0.4, 0.5) is 0 Å². The quantitative estimate of drug-likeness (QED) is 0.362. The summed E-state index contributed by atoms with van der Waals surface area (Å²) in [5, 5.41) is 18.4. The van der Waals surface area contributed by atoms with E-state index in [1.807, 2.05) is 0 Å². The van der Waals surface area contributed by atoms with E-state index in [1.165, 1.54) is 12.8 Å². The van der Waals surface area contributed by atoms with E-state index in [1.54, 1.807) is 13.8 Å². The van der Waals surface area contributed by atoms with Gasteiger partial charge in [-0.15, -0.1) is 0 Å². The Labute approximate surface area is 128 Å². The normalized spacial score (nSPS) is 11.2. The molecule has 0 saturated heterocycles. The summed E-state index contributed by atoms with van der Waals surface area (Å²) in [5.74, 6) is -2.82. The summed E-state index contributed by atoms with van der Waals surface area (Å²) in [4.78, 5) is 22.6. The van der Waals surface area contributed by atoms with Crippen molar-refractivity contribution in [1.29, 1.82) is 0 Å². The van der Waals surface area contributed by atoms with Gasteiger partial charge in [0.15, 0.2) is 5.41 Å². The van der Waals surface area contributed by atoms with Gasteiger partial charge >= 0.3 is 30.8 Å². The molecule has 0 aromatic rings. The van der Waals surface area contributed by atoms with Gasteiger partial charge in [-0.1, -0.05) is 59.3 Å². The molecule has 0 bridgehead atoms. The second-order valence-corrected chi connectivity index (χ2v) is 5.25. The van der Waals surface area contributed by atoms with E-state index in [2.05, 4.69) is 6.92 Å². The van der Waals surface area contributed by atoms with Crippen molar-refractivity contribution < 1.29 is 19.8 Å². The topological polar surface area (TPSA) is 74.6 Å². The molecule has 5 heteroatoms. The van der Waals surface area contributed by atoms with Crippen LogP contribution in [0.3, 0.4) is 0 Å². The Hall–Kier alpha value is -0.463. The summed E-state index contributed by atoms with van der Waals surface area (Å²) in [7, 11) is 0. The molecule has 0 heterocycles. The van der Waals surface area contributed by atoms with Crippen LogP contribution in [0.25, 0.3) is 0 Å². The van der Waals surface area contributed by atoms with Gasteiger partial charge in [-0.3, -0.25) is 9.59 Å². The third-order valence-corrected chi connectivity index (χ3v) is 3.67. The van der Waals surface area contributed by atoms with E-state index in [4.69, 9.17) is 0 Å². The molecule has 0 saturated carbocycles. The van der Waals surface area contributed by atoms with Gasteiger partial charge in [-0.25, -0.2) is 0 Å². The van der Waals surface area contributed by atoms with E-state index >= 15 is 0 Å². The van der Waals surface area contributed by atoms with Gasteiger partial charge in [0.05, 0.1) is 0 Å². The summed E-state index contributed by atoms with van der Waals surface area (Å²) >= 11 is 0. The van der Waals surface area contributed by atoms with Crippen molar-refractivity contribution in [3.8, 4) is 0 Å². The second kappa shape index (κ2) is 10.3. The Morgan fingerprint density at radius 2 is 1.37 bits per heavy atom. The average Bonchev–Trinajstić information content (AvgIpc) is 2.26. The molecular weight excluding hydrogens is 239 g/mol. The average molecular weight is 266 g/mol. The molecule has 4 nitrogen and oxygen atoms in total. The van der Waals surface area contributed by atoms with Gasteiger partial charge in [0, 0.05) is 0 Å². The first-order chi connectivity index (χ1) is 8.39. The maximum absolute atomic E-state index is 11.3. The zero-order valence-corrected chi connectivity index (χ0v) is 11.7. The van der Waals surface area contributed by atoms with E-state index in [0.717, 1.165) is 19.3 Å². The Balaban J connectivity index is 0. The van der Waals surface area contributed by atoms with Crippen LogP contribution in [-0.2, 0) is 9.59 Å². The van der Waals surface area contributed by atoms with Crippen LogP contribution >= 0.6 is 0 Å². The first kappa shape index (κ1) is 20.8. The van der Waals surface area contributed by atoms with Crippen LogP contribution in [0.2, 0.25) is 0 Å². The molecule has 0 radical (unpaired) electrons. The molecule has 0 atom stereocenters. The Morgan fingerprint density at radius 1 is 0.947 bits per heavy atom. The van der Waals surface area contributed by atoms with Crippen molar-refractivity contribution in [2.75, 3.05) is 0 Å². The van der Waals surface area contributed by atoms with E-state index in [-0.39, 0.29) is 25.3 Å². The third-order valence-electron chi connectivity index (χ3n) is 3.67. The van der Waals surface area contributed by atoms with Crippen molar-refractivity contribution in [3.05, 3.63) is 0 Å². The zero-order chi connectivity index (χ0) is 14.2. The number of hydrogen-bond acceptors (Lipinski definition) is 2. The van der Waals surface area contributed by atoms with Crippen LogP contribution in [0.1, 0.15) is 65.7 Å². The number of carboxylic acid groups (broad SMARTS) is 2. The molecule has 0 aliphatic heterocycles. The van der Waals surface area contributed by atoms with E-state index in [0.29, 0.717) is 6.42 Å². The predicted molar refractivity (Wildman–Crippen MR) is 77.7 cm³/mol. The fraction of sp³-hybridized carbons (Fsp3) is 0.857. The molecule has 2 N–H and O–H groups in total. The van der Waals surface area contributed by atoms with E-state index < -0.39 is 23.3 Å². The summed E-state index contributed by atoms with van der Waals surface area (Å²) in [6.07, 6.45) is 6.36. The van der Waals surface area contributed by atoms with Crippen molar-refractivity contribution in [1.82, 2.24) is 0 Å². The molecule has 108 valence electrons. The molecule has 0 aromatic heterocycles. The molecule has 0 aliphatic rings. The van der Waals surface area contributed by atoms with Crippen molar-refractivity contribution in [2.45, 2.75) is 65.7 Å². The van der Waals surface area contributed by atoms with Crippen molar-refractivity contribution in [3.63, 3.8) is 0 Å². The predicted octanol–water partition coefficient (Wildman–Crippen LogP) is 2.90. The van der Waals surface area contributed by atoms with Crippen LogP contribution < -0.4 is 0 Å². The van der Waals surface area contributed by atoms with Gasteiger partial charge in [0.25, 0.3) is 0 Å². The number of aliphatic carboxylic acids is 2. The minimum atomic E-state index is -1.62. The number of rotatable bonds is 10. The number of hydrogen-bond donors (Lipinski definition) is 2. The molecule has 0 unspecified atom stereocenters. The number of carboxylic acids is 2. The van der Waals surface area contributed by atoms with Gasteiger partial charge in [-0.2, -0.15) is 0 Å². The second-order valence-electron chi connectivity index (χ2n) is 5.25. The Kier molecular flexibility index (Phi) is 11.3. The van der Waals surface area contributed by atoms with Gasteiger partial charge in [-0.05, 0) is 12.3 Å². The van der Waals surface area contributed by atoms with Gasteiger partial charge in [0.2, 0.25) is 0 Å². The van der Waals surface area contributed by atoms with E-state index in [9.17, 15) is 19.8 Å². The molecule has 0 aromatic carbocycles. The van der Waals surface area contributed by atoms with Gasteiger partial charge < -0.3 is 10.2 Å². The zero-order valence-electron chi connectivity index (χ0n) is 11.7. The summed E-state index contributed by atoms with van der Waals surface area (Å²) in [5.41, 5.74) is -1.62. The standard InChI is InChI=1S/C14H26O4.Li.H/c1-4-5-6-7-8-9-10-14(11(2)3,12(15)16)13(17)18;;/h11H,4-10H2,1-3H3,(H,15,16)(H,17,18);;. The first-order valence-electron chi connectivity index (χ1n) is 6.86. The molecule has 0 spiro atoms. The maximum atomic E-state index is 11.3. The SMILES string of the molecule is CCCCCCCCC(C(=O)O)(C(=O)O)C(C)C.[LiH]. The van der Waals surface area contributed by atoms with Crippen LogP contribution in [0.5, 0.6) is 0 Å². The summed E-state index contributed by atoms with van der Waals surface area (Å²) in [6.45, 7) is 5.47. The molecule has 0 aliphatic carbocycles. The Morgan fingerprint density at radius 3 is 1.74 bits per heavy atom. The number of unbranched alkanes of at least 4 members (excludes halogenated alkanes) is 5. The molecule has 19 heavy (non-hydrogen) atoms. The first-order valence-corrected chi connectivity index (χ1v) is 6.86. The van der Waals surface area contributed by atoms with Crippen molar-refractivity contribution in [2.24, 2.45) is 11.3 Å².